The van der Waals surface area contributed by atoms with E-state index in [2.05, 4.69) is 33.0 Å². The molecule has 0 spiro atoms. The van der Waals surface area contributed by atoms with Crippen LogP contribution in [0.3, 0.4) is 0 Å². The Morgan fingerprint density at radius 3 is 2.69 bits per heavy atom. The van der Waals surface area contributed by atoms with Crippen LogP contribution in [0, 0.1) is 22.6 Å². The number of nitrogens with one attached hydrogen (secondary N) is 1. The van der Waals surface area contributed by atoms with Crippen molar-refractivity contribution in [1.29, 1.82) is 0 Å². The molecule has 2 aromatic rings. The monoisotopic (exact) mass is 503 g/mol. The Balaban J connectivity index is 1.52. The van der Waals surface area contributed by atoms with E-state index in [0.717, 1.165) is 31.7 Å². The number of anilines is 1. The van der Waals surface area contributed by atoms with Crippen molar-refractivity contribution in [2.45, 2.75) is 72.4 Å². The van der Waals surface area contributed by atoms with Crippen LogP contribution in [0.2, 0.25) is 5.02 Å². The summed E-state index contributed by atoms with van der Waals surface area (Å²) in [6.45, 7) is 9.54. The van der Waals surface area contributed by atoms with Gasteiger partial charge in [0.05, 0.1) is 11.6 Å². The molecule has 0 aliphatic heterocycles. The first-order valence-corrected chi connectivity index (χ1v) is 12.8. The number of carbonyl (C=O) groups is 1. The number of halogens is 2. The number of aromatic hydroxyl groups is 1. The predicted molar refractivity (Wildman–Crippen MR) is 136 cm³/mol. The summed E-state index contributed by atoms with van der Waals surface area (Å²) in [5.74, 6) is -0.0363. The van der Waals surface area contributed by atoms with Crippen molar-refractivity contribution < 1.29 is 23.8 Å². The second kappa shape index (κ2) is 9.88. The van der Waals surface area contributed by atoms with Gasteiger partial charge in [-0.05, 0) is 61.3 Å². The van der Waals surface area contributed by atoms with E-state index in [9.17, 15) is 14.3 Å². The average Bonchev–Trinajstić information content (AvgIpc) is 3.14. The molecule has 35 heavy (non-hydrogen) atoms. The third-order valence-corrected chi connectivity index (χ3v) is 8.80. The smallest absolute Gasteiger partial charge is 0.342 e. The van der Waals surface area contributed by atoms with Crippen LogP contribution in [0.5, 0.6) is 11.5 Å². The van der Waals surface area contributed by atoms with E-state index < -0.39 is 5.82 Å². The zero-order valence-electron chi connectivity index (χ0n) is 20.9. The van der Waals surface area contributed by atoms with Crippen molar-refractivity contribution in [3.63, 3.8) is 0 Å². The fraction of sp³-hybridized carbons (Fsp3) is 0.536. The minimum atomic E-state index is -0.524. The van der Waals surface area contributed by atoms with Crippen LogP contribution >= 0.6 is 11.6 Å². The number of unbranched alkanes of at least 4 members (excludes halogenated alkanes) is 1. The van der Waals surface area contributed by atoms with Gasteiger partial charge in [-0.1, -0.05) is 45.7 Å². The summed E-state index contributed by atoms with van der Waals surface area (Å²) >= 11 is 5.88. The van der Waals surface area contributed by atoms with Crippen LogP contribution in [0.15, 0.2) is 30.3 Å². The van der Waals surface area contributed by atoms with E-state index in [1.54, 1.807) is 18.2 Å². The lowest BCUT2D eigenvalue weighted by Gasteiger charge is -2.38. The highest BCUT2D eigenvalue weighted by Gasteiger charge is 2.62. The Morgan fingerprint density at radius 1 is 1.26 bits per heavy atom. The maximum Gasteiger partial charge on any atom is 0.342 e. The van der Waals surface area contributed by atoms with E-state index >= 15 is 0 Å². The van der Waals surface area contributed by atoms with Gasteiger partial charge in [-0.15, -0.1) is 0 Å². The minimum Gasteiger partial charge on any atom is -0.506 e. The highest BCUT2D eigenvalue weighted by atomic mass is 35.5. The molecular weight excluding hydrogens is 469 g/mol. The molecule has 2 aromatic carbocycles. The first-order chi connectivity index (χ1) is 16.6. The SMILES string of the molecule is CCCCOc1cc(NCc2cc(F)cc(Cl)c2O)ccc1C(=O)OC1CC2CCC1(C)C2(C)C. The second-order valence-electron chi connectivity index (χ2n) is 10.7. The topological polar surface area (TPSA) is 67.8 Å². The van der Waals surface area contributed by atoms with Crippen LogP contribution in [0.1, 0.15) is 75.7 Å². The van der Waals surface area contributed by atoms with E-state index in [1.807, 2.05) is 0 Å². The Labute approximate surface area is 212 Å². The van der Waals surface area contributed by atoms with E-state index in [1.165, 1.54) is 12.5 Å². The molecule has 2 aliphatic rings. The molecule has 3 atom stereocenters. The molecule has 4 rings (SSSR count). The largest absolute Gasteiger partial charge is 0.506 e. The molecule has 2 fully saturated rings. The van der Waals surface area contributed by atoms with Gasteiger partial charge < -0.3 is 19.9 Å². The van der Waals surface area contributed by atoms with Gasteiger partial charge >= 0.3 is 5.97 Å². The highest BCUT2D eigenvalue weighted by molar-refractivity contribution is 6.32. The van der Waals surface area contributed by atoms with E-state index in [4.69, 9.17) is 21.1 Å². The van der Waals surface area contributed by atoms with Gasteiger partial charge in [0.1, 0.15) is 29.0 Å². The number of benzene rings is 2. The van der Waals surface area contributed by atoms with Crippen LogP contribution in [0.4, 0.5) is 10.1 Å². The molecule has 0 heterocycles. The van der Waals surface area contributed by atoms with Crippen LogP contribution in [0.25, 0.3) is 0 Å². The van der Waals surface area contributed by atoms with Crippen molar-refractivity contribution in [2.24, 2.45) is 16.7 Å². The Bertz CT molecular complexity index is 1100. The van der Waals surface area contributed by atoms with Gasteiger partial charge in [0.25, 0.3) is 0 Å². The second-order valence-corrected chi connectivity index (χ2v) is 11.1. The number of fused-ring (bicyclic) bond motifs is 2. The third-order valence-electron chi connectivity index (χ3n) is 8.51. The number of esters is 1. The van der Waals surface area contributed by atoms with Gasteiger partial charge in [0.15, 0.2) is 0 Å². The number of phenolic OH excluding ortho intramolecular Hbond substituents is 1. The summed E-state index contributed by atoms with van der Waals surface area (Å²) in [7, 11) is 0. The number of hydrogen-bond donors (Lipinski definition) is 2. The van der Waals surface area contributed by atoms with Gasteiger partial charge in [-0.25, -0.2) is 9.18 Å². The fourth-order valence-corrected chi connectivity index (χ4v) is 5.92. The molecule has 2 aliphatic carbocycles. The molecule has 0 amide bonds. The Kier molecular flexibility index (Phi) is 7.23. The zero-order chi connectivity index (χ0) is 25.4. The maximum atomic E-state index is 13.7. The molecule has 0 aromatic heterocycles. The quantitative estimate of drug-likeness (QED) is 0.276. The van der Waals surface area contributed by atoms with Gasteiger partial charge in [-0.3, -0.25) is 0 Å². The number of ether oxygens (including phenoxy) is 2. The number of hydrogen-bond acceptors (Lipinski definition) is 5. The van der Waals surface area contributed by atoms with Gasteiger partial charge in [0.2, 0.25) is 0 Å². The van der Waals surface area contributed by atoms with E-state index in [0.29, 0.717) is 35.1 Å². The molecule has 3 unspecified atom stereocenters. The average molecular weight is 504 g/mol. The summed E-state index contributed by atoms with van der Waals surface area (Å²) in [5.41, 5.74) is 1.52. The van der Waals surface area contributed by atoms with Gasteiger partial charge in [-0.2, -0.15) is 0 Å². The van der Waals surface area contributed by atoms with E-state index in [-0.39, 0.29) is 40.2 Å². The Morgan fingerprint density at radius 2 is 2.03 bits per heavy atom. The third kappa shape index (κ3) is 4.82. The molecule has 2 bridgehead atoms. The summed E-state index contributed by atoms with van der Waals surface area (Å²) in [6, 6.07) is 7.50. The summed E-state index contributed by atoms with van der Waals surface area (Å²) < 4.78 is 25.8. The lowest BCUT2D eigenvalue weighted by atomic mass is 9.70. The van der Waals surface area contributed by atoms with Crippen molar-refractivity contribution in [1.82, 2.24) is 0 Å². The van der Waals surface area contributed by atoms with Crippen LogP contribution < -0.4 is 10.1 Å². The van der Waals surface area contributed by atoms with Crippen molar-refractivity contribution in [2.75, 3.05) is 11.9 Å². The molecule has 190 valence electrons. The number of phenols is 1. The summed E-state index contributed by atoms with van der Waals surface area (Å²) in [4.78, 5) is 13.3. The molecule has 0 radical (unpaired) electrons. The normalized spacial score (nSPS) is 24.4. The van der Waals surface area contributed by atoms with Crippen molar-refractivity contribution >= 4 is 23.3 Å². The van der Waals surface area contributed by atoms with Crippen molar-refractivity contribution in [3.8, 4) is 11.5 Å². The molecule has 7 heteroatoms. The predicted octanol–water partition coefficient (Wildman–Crippen LogP) is 7.35. The lowest BCUT2D eigenvalue weighted by molar-refractivity contribution is -0.0244. The molecule has 2 N–H and O–H groups in total. The molecule has 0 saturated heterocycles. The standard InChI is InChI=1S/C28H35ClFNO4/c1-5-6-11-34-23-15-20(31-16-17-12-19(30)14-22(29)25(17)32)7-8-21(23)26(33)35-24-13-18-9-10-28(24,4)27(18,2)3/h7-8,12,14-15,18,24,31-32H,5-6,9-11,13,16H2,1-4H3. The minimum absolute atomic E-state index is 0.0215. The highest BCUT2D eigenvalue weighted by Crippen LogP contribution is 2.66. The lowest BCUT2D eigenvalue weighted by Crippen LogP contribution is -2.38. The molecule has 2 saturated carbocycles. The van der Waals surface area contributed by atoms with Gasteiger partial charge in [0, 0.05) is 29.3 Å². The fourth-order valence-electron chi connectivity index (χ4n) is 5.70. The summed E-state index contributed by atoms with van der Waals surface area (Å²) in [6.07, 6.45) is 4.89. The molecule has 5 nitrogen and oxygen atoms in total. The maximum absolute atomic E-state index is 13.7. The zero-order valence-corrected chi connectivity index (χ0v) is 21.7. The van der Waals surface area contributed by atoms with Crippen molar-refractivity contribution in [3.05, 3.63) is 52.3 Å². The number of rotatable bonds is 9. The number of carbonyl (C=O) groups excluding carboxylic acids is 1. The first-order valence-electron chi connectivity index (χ1n) is 12.5. The van der Waals surface area contributed by atoms with Crippen LogP contribution in [-0.2, 0) is 11.3 Å². The van der Waals surface area contributed by atoms with Crippen LogP contribution in [-0.4, -0.2) is 23.8 Å². The first kappa shape index (κ1) is 25.6. The Hall–Kier alpha value is -2.47. The summed E-state index contributed by atoms with van der Waals surface area (Å²) in [5, 5.41) is 13.2. The molecular formula is C28H35ClFNO4.